The first-order chi connectivity index (χ1) is 8.70. The van der Waals surface area contributed by atoms with Crippen molar-refractivity contribution in [3.8, 4) is 0 Å². The third-order valence-electron chi connectivity index (χ3n) is 3.30. The van der Waals surface area contributed by atoms with E-state index >= 15 is 0 Å². The van der Waals surface area contributed by atoms with Crippen molar-refractivity contribution in [2.45, 2.75) is 51.9 Å². The van der Waals surface area contributed by atoms with E-state index in [1.165, 1.54) is 0 Å². The second-order valence-corrected chi connectivity index (χ2v) is 6.68. The minimum atomic E-state index is -0.186. The summed E-state index contributed by atoms with van der Waals surface area (Å²) < 4.78 is 6.11. The highest BCUT2D eigenvalue weighted by Crippen LogP contribution is 2.33. The summed E-state index contributed by atoms with van der Waals surface area (Å²) in [7, 11) is 0. The molecule has 0 amide bonds. The normalized spacial score (nSPS) is 23.2. The minimum Gasteiger partial charge on any atom is -0.366 e. The summed E-state index contributed by atoms with van der Waals surface area (Å²) in [6.45, 7) is 12.1. The molecule has 2 rings (SSSR count). The van der Waals surface area contributed by atoms with E-state index in [4.69, 9.17) is 10.5 Å². The highest BCUT2D eigenvalue weighted by Gasteiger charge is 2.39. The second-order valence-electron chi connectivity index (χ2n) is 6.68. The Balaban J connectivity index is 2.36. The van der Waals surface area contributed by atoms with Gasteiger partial charge in [-0.3, -0.25) is 0 Å². The first-order valence-corrected chi connectivity index (χ1v) is 6.86. The Morgan fingerprint density at radius 3 is 2.37 bits per heavy atom. The molecule has 2 heterocycles. The third-order valence-corrected chi connectivity index (χ3v) is 3.30. The lowest BCUT2D eigenvalue weighted by Crippen LogP contribution is -2.57. The van der Waals surface area contributed by atoms with Crippen molar-refractivity contribution in [3.05, 3.63) is 23.9 Å². The number of anilines is 1. The van der Waals surface area contributed by atoms with Crippen LogP contribution in [-0.2, 0) is 4.74 Å². The number of morpholine rings is 1. The zero-order chi connectivity index (χ0) is 14.3. The Labute approximate surface area is 116 Å². The maximum atomic E-state index is 6.11. The Bertz CT molecular complexity index is 438. The van der Waals surface area contributed by atoms with Crippen molar-refractivity contribution >= 4 is 5.82 Å². The molecular weight excluding hydrogens is 238 g/mol. The van der Waals surface area contributed by atoms with Gasteiger partial charge in [-0.25, -0.2) is 4.98 Å². The smallest absolute Gasteiger partial charge is 0.133 e. The monoisotopic (exact) mass is 263 g/mol. The Morgan fingerprint density at radius 1 is 1.26 bits per heavy atom. The highest BCUT2D eigenvalue weighted by atomic mass is 16.5. The van der Waals surface area contributed by atoms with Crippen molar-refractivity contribution in [2.24, 2.45) is 5.73 Å². The Morgan fingerprint density at radius 2 is 1.84 bits per heavy atom. The van der Waals surface area contributed by atoms with Gasteiger partial charge in [-0.2, -0.15) is 0 Å². The molecule has 0 aromatic carbocycles. The number of rotatable bonds is 2. The highest BCUT2D eigenvalue weighted by molar-refractivity contribution is 5.49. The lowest BCUT2D eigenvalue weighted by Gasteiger charge is -2.48. The topological polar surface area (TPSA) is 51.4 Å². The van der Waals surface area contributed by atoms with Gasteiger partial charge in [0.2, 0.25) is 0 Å². The number of pyridine rings is 1. The van der Waals surface area contributed by atoms with Crippen LogP contribution in [0.25, 0.3) is 0 Å². The first-order valence-electron chi connectivity index (χ1n) is 6.86. The maximum absolute atomic E-state index is 6.11. The van der Waals surface area contributed by atoms with Crippen LogP contribution >= 0.6 is 0 Å². The van der Waals surface area contributed by atoms with Crippen molar-refractivity contribution in [1.82, 2.24) is 4.98 Å². The number of aromatic nitrogens is 1. The quantitative estimate of drug-likeness (QED) is 0.890. The summed E-state index contributed by atoms with van der Waals surface area (Å²) in [5.74, 6) is 0.988. The van der Waals surface area contributed by atoms with E-state index in [9.17, 15) is 0 Å². The van der Waals surface area contributed by atoms with Crippen LogP contribution in [0, 0.1) is 0 Å². The van der Waals surface area contributed by atoms with Gasteiger partial charge in [-0.1, -0.05) is 6.07 Å². The van der Waals surface area contributed by atoms with Gasteiger partial charge >= 0.3 is 0 Å². The molecule has 1 unspecified atom stereocenters. The zero-order valence-corrected chi connectivity index (χ0v) is 12.6. The first kappa shape index (κ1) is 14.3. The van der Waals surface area contributed by atoms with Crippen molar-refractivity contribution < 1.29 is 4.74 Å². The van der Waals surface area contributed by atoms with E-state index in [2.05, 4.69) is 43.6 Å². The molecule has 1 aromatic rings. The molecule has 0 radical (unpaired) electrons. The van der Waals surface area contributed by atoms with Gasteiger partial charge in [-0.05, 0) is 40.7 Å². The molecule has 1 aliphatic heterocycles. The second kappa shape index (κ2) is 4.76. The number of hydrogen-bond donors (Lipinski definition) is 1. The van der Waals surface area contributed by atoms with E-state index in [0.717, 1.165) is 24.5 Å². The van der Waals surface area contributed by atoms with E-state index in [-0.39, 0.29) is 17.2 Å². The van der Waals surface area contributed by atoms with Crippen LogP contribution in [0.3, 0.4) is 0 Å². The molecule has 2 N–H and O–H groups in total. The molecule has 1 aromatic heterocycles. The summed E-state index contributed by atoms with van der Waals surface area (Å²) in [5.41, 5.74) is 6.78. The molecular formula is C15H25N3O. The molecule has 19 heavy (non-hydrogen) atoms. The van der Waals surface area contributed by atoms with E-state index in [0.29, 0.717) is 0 Å². The zero-order valence-electron chi connectivity index (χ0n) is 12.6. The number of ether oxygens (including phenoxy) is 1. The van der Waals surface area contributed by atoms with Gasteiger partial charge in [0.15, 0.2) is 0 Å². The molecule has 106 valence electrons. The Kier molecular flexibility index (Phi) is 3.58. The summed E-state index contributed by atoms with van der Waals surface area (Å²) in [6, 6.07) is 3.99. The molecule has 1 atom stereocenters. The summed E-state index contributed by atoms with van der Waals surface area (Å²) in [4.78, 5) is 6.84. The van der Waals surface area contributed by atoms with Crippen LogP contribution in [0.2, 0.25) is 0 Å². The molecule has 4 nitrogen and oxygen atoms in total. The average molecular weight is 263 g/mol. The number of hydrogen-bond acceptors (Lipinski definition) is 4. The van der Waals surface area contributed by atoms with Crippen LogP contribution in [0.15, 0.2) is 18.3 Å². The predicted molar refractivity (Wildman–Crippen MR) is 78.3 cm³/mol. The minimum absolute atomic E-state index is 0.0160. The maximum Gasteiger partial charge on any atom is 0.133 e. The fraction of sp³-hybridized carbons (Fsp3) is 0.667. The van der Waals surface area contributed by atoms with Crippen LogP contribution < -0.4 is 10.6 Å². The SMILES string of the molecule is CC(N)c1cccnc1N1CC(C)(C)OC(C)(C)C1. The van der Waals surface area contributed by atoms with Gasteiger partial charge < -0.3 is 15.4 Å². The Hall–Kier alpha value is -1.13. The lowest BCUT2D eigenvalue weighted by atomic mass is 9.98. The van der Waals surface area contributed by atoms with Crippen LogP contribution in [0.4, 0.5) is 5.82 Å². The fourth-order valence-electron chi connectivity index (χ4n) is 2.97. The molecule has 0 bridgehead atoms. The third kappa shape index (κ3) is 3.25. The van der Waals surface area contributed by atoms with Gasteiger partial charge in [0, 0.05) is 30.9 Å². The van der Waals surface area contributed by atoms with E-state index in [1.54, 1.807) is 0 Å². The van der Waals surface area contributed by atoms with Gasteiger partial charge in [0.1, 0.15) is 5.82 Å². The van der Waals surface area contributed by atoms with Gasteiger partial charge in [0.05, 0.1) is 11.2 Å². The van der Waals surface area contributed by atoms with E-state index < -0.39 is 0 Å². The molecule has 1 fully saturated rings. The lowest BCUT2D eigenvalue weighted by molar-refractivity contribution is -0.133. The van der Waals surface area contributed by atoms with Gasteiger partial charge in [-0.15, -0.1) is 0 Å². The number of nitrogens with zero attached hydrogens (tertiary/aromatic N) is 2. The summed E-state index contributed by atoms with van der Waals surface area (Å²) in [5, 5.41) is 0. The molecule has 1 saturated heterocycles. The molecule has 1 aliphatic rings. The fourth-order valence-corrected chi connectivity index (χ4v) is 2.97. The van der Waals surface area contributed by atoms with Crippen molar-refractivity contribution in [2.75, 3.05) is 18.0 Å². The van der Waals surface area contributed by atoms with Crippen LogP contribution in [-0.4, -0.2) is 29.3 Å². The largest absolute Gasteiger partial charge is 0.366 e. The van der Waals surface area contributed by atoms with Crippen molar-refractivity contribution in [1.29, 1.82) is 0 Å². The molecule has 0 aliphatic carbocycles. The molecule has 0 saturated carbocycles. The van der Waals surface area contributed by atoms with Crippen LogP contribution in [0.1, 0.15) is 46.2 Å². The van der Waals surface area contributed by atoms with E-state index in [1.807, 2.05) is 19.2 Å². The molecule has 4 heteroatoms. The predicted octanol–water partition coefficient (Wildman–Crippen LogP) is 2.50. The van der Waals surface area contributed by atoms with Crippen LogP contribution in [0.5, 0.6) is 0 Å². The van der Waals surface area contributed by atoms with Gasteiger partial charge in [0.25, 0.3) is 0 Å². The standard InChI is InChI=1S/C15H25N3O/c1-11(16)12-7-6-8-17-13(12)18-9-14(2,3)19-15(4,5)10-18/h6-8,11H,9-10,16H2,1-5H3. The molecule has 0 spiro atoms. The van der Waals surface area contributed by atoms with Crippen molar-refractivity contribution in [3.63, 3.8) is 0 Å². The average Bonchev–Trinajstić information content (AvgIpc) is 2.24. The summed E-state index contributed by atoms with van der Waals surface area (Å²) >= 11 is 0. The number of nitrogens with two attached hydrogens (primary N) is 1. The summed E-state index contributed by atoms with van der Waals surface area (Å²) in [6.07, 6.45) is 1.83.